The van der Waals surface area contributed by atoms with E-state index in [4.69, 9.17) is 11.6 Å². The highest BCUT2D eigenvalue weighted by Crippen LogP contribution is 2.20. The molecule has 1 aliphatic rings. The fourth-order valence-corrected chi connectivity index (χ4v) is 2.52. The molecule has 0 spiro atoms. The van der Waals surface area contributed by atoms with Crippen molar-refractivity contribution in [2.24, 2.45) is 5.92 Å². The smallest absolute Gasteiger partial charge is 0.238 e. The summed E-state index contributed by atoms with van der Waals surface area (Å²) >= 11 is 5.98. The maximum absolute atomic E-state index is 11.8. The summed E-state index contributed by atoms with van der Waals surface area (Å²) in [6.07, 6.45) is 1.20. The van der Waals surface area contributed by atoms with Crippen molar-refractivity contribution in [3.8, 4) is 0 Å². The number of carbonyl (C=O) groups is 1. The van der Waals surface area contributed by atoms with E-state index in [0.29, 0.717) is 23.2 Å². The van der Waals surface area contributed by atoms with Crippen LogP contribution in [0.15, 0.2) is 24.3 Å². The molecule has 1 aromatic rings. The molecule has 104 valence electrons. The van der Waals surface area contributed by atoms with Gasteiger partial charge in [0.25, 0.3) is 0 Å². The summed E-state index contributed by atoms with van der Waals surface area (Å²) in [6.45, 7) is 3.48. The van der Waals surface area contributed by atoms with Crippen LogP contribution in [-0.2, 0) is 4.79 Å². The van der Waals surface area contributed by atoms with Crippen molar-refractivity contribution in [2.45, 2.75) is 6.42 Å². The molecule has 1 heterocycles. The van der Waals surface area contributed by atoms with Crippen molar-refractivity contribution in [3.63, 3.8) is 0 Å². The van der Waals surface area contributed by atoms with Crippen LogP contribution >= 0.6 is 11.6 Å². The number of nitrogens with one attached hydrogen (secondary N) is 2. The molecule has 5 heteroatoms. The molecule has 0 radical (unpaired) electrons. The largest absolute Gasteiger partial charge is 0.324 e. The van der Waals surface area contributed by atoms with Crippen LogP contribution in [0.3, 0.4) is 0 Å². The Labute approximate surface area is 119 Å². The Morgan fingerprint density at radius 1 is 1.47 bits per heavy atom. The minimum atomic E-state index is -0.0561. The van der Waals surface area contributed by atoms with E-state index >= 15 is 0 Å². The Balaban J connectivity index is 1.69. The fourth-order valence-electron chi connectivity index (χ4n) is 2.34. The molecule has 0 saturated carbocycles. The monoisotopic (exact) mass is 281 g/mol. The zero-order valence-electron chi connectivity index (χ0n) is 11.2. The first-order chi connectivity index (χ1) is 9.15. The second-order valence-electron chi connectivity index (χ2n) is 5.08. The molecule has 1 atom stereocenters. The zero-order chi connectivity index (χ0) is 13.7. The summed E-state index contributed by atoms with van der Waals surface area (Å²) < 4.78 is 0. The first-order valence-corrected chi connectivity index (χ1v) is 6.96. The highest BCUT2D eigenvalue weighted by Gasteiger charge is 2.18. The van der Waals surface area contributed by atoms with Crippen molar-refractivity contribution >= 4 is 23.2 Å². The normalized spacial score (nSPS) is 19.6. The third-order valence-corrected chi connectivity index (χ3v) is 3.69. The average molecular weight is 282 g/mol. The number of rotatable bonds is 5. The van der Waals surface area contributed by atoms with Gasteiger partial charge < -0.3 is 15.5 Å². The Hall–Kier alpha value is -1.10. The molecule has 4 nitrogen and oxygen atoms in total. The van der Waals surface area contributed by atoms with Crippen molar-refractivity contribution in [3.05, 3.63) is 29.3 Å². The minimum Gasteiger partial charge on any atom is -0.324 e. The molecule has 19 heavy (non-hydrogen) atoms. The van der Waals surface area contributed by atoms with Crippen LogP contribution in [0, 0.1) is 5.92 Å². The molecule has 1 unspecified atom stereocenters. The van der Waals surface area contributed by atoms with E-state index in [2.05, 4.69) is 22.6 Å². The number of anilines is 1. The van der Waals surface area contributed by atoms with Crippen LogP contribution in [0.5, 0.6) is 0 Å². The first kappa shape index (κ1) is 14.3. The van der Waals surface area contributed by atoms with Crippen molar-refractivity contribution in [2.75, 3.05) is 38.5 Å². The van der Waals surface area contributed by atoms with Crippen LogP contribution in [0.1, 0.15) is 6.42 Å². The van der Waals surface area contributed by atoms with Crippen LogP contribution < -0.4 is 10.6 Å². The molecule has 1 amide bonds. The van der Waals surface area contributed by atoms with Crippen molar-refractivity contribution < 1.29 is 4.79 Å². The summed E-state index contributed by atoms with van der Waals surface area (Å²) in [6, 6.07) is 7.25. The Morgan fingerprint density at radius 3 is 2.95 bits per heavy atom. The molecular formula is C14H20ClN3O. The topological polar surface area (TPSA) is 44.4 Å². The standard InChI is InChI=1S/C14H20ClN3O/c1-18-7-6-11(10-18)8-16-9-14(19)17-13-5-3-2-4-12(13)15/h2-5,11,16H,6-10H2,1H3,(H,17,19). The van der Waals surface area contributed by atoms with Gasteiger partial charge in [-0.15, -0.1) is 0 Å². The minimum absolute atomic E-state index is 0.0561. The summed E-state index contributed by atoms with van der Waals surface area (Å²) in [5.74, 6) is 0.595. The second kappa shape index (κ2) is 6.89. The van der Waals surface area contributed by atoms with Crippen LogP contribution in [0.2, 0.25) is 5.02 Å². The van der Waals surface area contributed by atoms with E-state index in [9.17, 15) is 4.79 Å². The number of halogens is 1. The molecule has 0 bridgehead atoms. The lowest BCUT2D eigenvalue weighted by molar-refractivity contribution is -0.115. The number of benzene rings is 1. The summed E-state index contributed by atoms with van der Waals surface area (Å²) in [7, 11) is 2.13. The third-order valence-electron chi connectivity index (χ3n) is 3.36. The quantitative estimate of drug-likeness (QED) is 0.865. The van der Waals surface area contributed by atoms with E-state index in [1.54, 1.807) is 12.1 Å². The molecule has 2 rings (SSSR count). The Bertz CT molecular complexity index is 438. The van der Waals surface area contributed by atoms with Gasteiger partial charge in [0, 0.05) is 6.54 Å². The van der Waals surface area contributed by atoms with Gasteiger partial charge in [0.1, 0.15) is 0 Å². The van der Waals surface area contributed by atoms with Crippen molar-refractivity contribution in [1.82, 2.24) is 10.2 Å². The van der Waals surface area contributed by atoms with E-state index in [1.165, 1.54) is 6.42 Å². The van der Waals surface area contributed by atoms with Gasteiger partial charge in [-0.2, -0.15) is 0 Å². The van der Waals surface area contributed by atoms with Gasteiger partial charge in [0.15, 0.2) is 0 Å². The molecule has 0 aromatic heterocycles. The number of amides is 1. The second-order valence-corrected chi connectivity index (χ2v) is 5.48. The lowest BCUT2D eigenvalue weighted by Gasteiger charge is -2.12. The molecule has 1 aromatic carbocycles. The lowest BCUT2D eigenvalue weighted by Crippen LogP contribution is -2.32. The predicted octanol–water partition coefficient (Wildman–Crippen LogP) is 1.82. The number of hydrogen-bond acceptors (Lipinski definition) is 3. The number of carbonyl (C=O) groups excluding carboxylic acids is 1. The zero-order valence-corrected chi connectivity index (χ0v) is 11.9. The van der Waals surface area contributed by atoms with Gasteiger partial charge in [-0.1, -0.05) is 23.7 Å². The highest BCUT2D eigenvalue weighted by atomic mass is 35.5. The lowest BCUT2D eigenvalue weighted by atomic mass is 10.1. The highest BCUT2D eigenvalue weighted by molar-refractivity contribution is 6.33. The van der Waals surface area contributed by atoms with E-state index < -0.39 is 0 Å². The van der Waals surface area contributed by atoms with Gasteiger partial charge in [-0.3, -0.25) is 4.79 Å². The van der Waals surface area contributed by atoms with E-state index in [-0.39, 0.29) is 5.91 Å². The summed E-state index contributed by atoms with van der Waals surface area (Å²) in [4.78, 5) is 14.1. The maximum atomic E-state index is 11.8. The van der Waals surface area contributed by atoms with Crippen molar-refractivity contribution in [1.29, 1.82) is 0 Å². The summed E-state index contributed by atoms with van der Waals surface area (Å²) in [5.41, 5.74) is 0.663. The van der Waals surface area contributed by atoms with E-state index in [1.807, 2.05) is 12.1 Å². The van der Waals surface area contributed by atoms with Gasteiger partial charge in [0.2, 0.25) is 5.91 Å². The molecule has 1 fully saturated rings. The summed E-state index contributed by atoms with van der Waals surface area (Å²) in [5, 5.41) is 6.57. The van der Waals surface area contributed by atoms with Crippen LogP contribution in [-0.4, -0.2) is 44.0 Å². The van der Waals surface area contributed by atoms with Gasteiger partial charge in [-0.25, -0.2) is 0 Å². The van der Waals surface area contributed by atoms with Crippen LogP contribution in [0.4, 0.5) is 5.69 Å². The number of hydrogen-bond donors (Lipinski definition) is 2. The Morgan fingerprint density at radius 2 is 2.26 bits per heavy atom. The van der Waals surface area contributed by atoms with Crippen LogP contribution in [0.25, 0.3) is 0 Å². The number of nitrogens with zero attached hydrogens (tertiary/aromatic N) is 1. The van der Waals surface area contributed by atoms with E-state index in [0.717, 1.165) is 19.6 Å². The maximum Gasteiger partial charge on any atom is 0.238 e. The molecule has 2 N–H and O–H groups in total. The number of para-hydroxylation sites is 1. The SMILES string of the molecule is CN1CCC(CNCC(=O)Nc2ccccc2Cl)C1. The molecule has 1 saturated heterocycles. The third kappa shape index (κ3) is 4.49. The van der Waals surface area contributed by atoms with Gasteiger partial charge >= 0.3 is 0 Å². The predicted molar refractivity (Wildman–Crippen MR) is 78.6 cm³/mol. The Kier molecular flexibility index (Phi) is 5.19. The van der Waals surface area contributed by atoms with Gasteiger partial charge in [0.05, 0.1) is 17.3 Å². The molecule has 0 aliphatic carbocycles. The number of likely N-dealkylation sites (tertiary alicyclic amines) is 1. The first-order valence-electron chi connectivity index (χ1n) is 6.59. The fraction of sp³-hybridized carbons (Fsp3) is 0.500. The molecule has 1 aliphatic heterocycles. The average Bonchev–Trinajstić information content (AvgIpc) is 2.78. The van der Waals surface area contributed by atoms with Gasteiger partial charge in [-0.05, 0) is 44.6 Å². The molecular weight excluding hydrogens is 262 g/mol.